The third-order valence-corrected chi connectivity index (χ3v) is 9.57. The summed E-state index contributed by atoms with van der Waals surface area (Å²) in [5.41, 5.74) is 11.1. The Hall–Kier alpha value is -3.56. The highest BCUT2D eigenvalue weighted by Crippen LogP contribution is 2.42. The lowest BCUT2D eigenvalue weighted by Crippen LogP contribution is -2.32. The molecule has 0 saturated carbocycles. The lowest BCUT2D eigenvalue weighted by atomic mass is 9.78. The van der Waals surface area contributed by atoms with Crippen LogP contribution in [0.3, 0.4) is 0 Å². The average Bonchev–Trinajstić information content (AvgIpc) is 3.46. The molecule has 8 heteroatoms. The molecule has 1 heterocycles. The first kappa shape index (κ1) is 26.7. The quantitative estimate of drug-likeness (QED) is 0.201. The van der Waals surface area contributed by atoms with Gasteiger partial charge in [-0.3, -0.25) is 10.0 Å². The molecule has 0 atom stereocenters. The van der Waals surface area contributed by atoms with Gasteiger partial charge in [0.2, 0.25) is 10.0 Å². The Kier molecular flexibility index (Phi) is 7.18. The Morgan fingerprint density at radius 3 is 2.55 bits per heavy atom. The zero-order valence-electron chi connectivity index (χ0n) is 22.2. The summed E-state index contributed by atoms with van der Waals surface area (Å²) in [6.07, 6.45) is 7.43. The van der Waals surface area contributed by atoms with Crippen LogP contribution in [-0.4, -0.2) is 32.3 Å². The third kappa shape index (κ3) is 5.40. The molecule has 0 unspecified atom stereocenters. The van der Waals surface area contributed by atoms with E-state index in [1.807, 2.05) is 6.07 Å². The van der Waals surface area contributed by atoms with Gasteiger partial charge in [-0.1, -0.05) is 54.6 Å². The molecule has 6 nitrogen and oxygen atoms in total. The van der Waals surface area contributed by atoms with Gasteiger partial charge >= 0.3 is 0 Å². The summed E-state index contributed by atoms with van der Waals surface area (Å²) in [5.74, 6) is -0.586. The van der Waals surface area contributed by atoms with E-state index < -0.39 is 15.9 Å². The van der Waals surface area contributed by atoms with Crippen molar-refractivity contribution in [3.05, 3.63) is 99.9 Å². The number of nitrogens with zero attached hydrogens (tertiary/aromatic N) is 1. The van der Waals surface area contributed by atoms with E-state index in [4.69, 9.17) is 0 Å². The van der Waals surface area contributed by atoms with E-state index in [-0.39, 0.29) is 13.0 Å². The summed E-state index contributed by atoms with van der Waals surface area (Å²) < 4.78 is 24.7. The van der Waals surface area contributed by atoms with Gasteiger partial charge in [0.05, 0.1) is 11.9 Å². The number of allylic oxidation sites excluding steroid dienone is 1. The molecule has 3 aromatic carbocycles. The third-order valence-electron chi connectivity index (χ3n) is 7.63. The van der Waals surface area contributed by atoms with Crippen LogP contribution >= 0.6 is 11.3 Å². The maximum atomic E-state index is 12.4. The lowest BCUT2D eigenvalue weighted by molar-refractivity contribution is -0.123. The number of amides is 1. The van der Waals surface area contributed by atoms with Gasteiger partial charge in [-0.05, 0) is 94.5 Å². The molecular formula is C32H30N2O4S2. The Morgan fingerprint density at radius 2 is 1.70 bits per heavy atom. The maximum Gasteiger partial charge on any atom is 0.251 e. The van der Waals surface area contributed by atoms with E-state index in [0.717, 1.165) is 42.4 Å². The first-order valence-electron chi connectivity index (χ1n) is 13.4. The number of hydrogen-bond acceptors (Lipinski definition) is 5. The Labute approximate surface area is 238 Å². The minimum Gasteiger partial charge on any atom is -0.281 e. The van der Waals surface area contributed by atoms with Crippen molar-refractivity contribution in [3.63, 3.8) is 0 Å². The SMILES string of the molecule is CS(=O)(=O)NCCC(=O)N(O)c1cccc(-c2ccc(C3=Cc4ccc5c(c4CC3)CCc3ccccc3-5)s2)c1. The van der Waals surface area contributed by atoms with E-state index in [1.54, 1.807) is 29.5 Å². The largest absolute Gasteiger partial charge is 0.281 e. The van der Waals surface area contributed by atoms with Crippen LogP contribution in [0.5, 0.6) is 0 Å². The van der Waals surface area contributed by atoms with Crippen LogP contribution in [0.1, 0.15) is 40.0 Å². The standard InChI is InChI=1S/C32H30N2O4S2/c1-40(37,38)33-18-17-32(35)34(36)25-7-4-6-23(20-25)30-15-16-31(39-30)24-11-12-27-22(19-24)10-14-28-26-8-3-2-5-21(26)9-13-29(27)28/h2-8,10,14-16,19-20,33,36H,9,11-13,17-18H2,1H3. The average molecular weight is 571 g/mol. The van der Waals surface area contributed by atoms with Crippen LogP contribution in [-0.2, 0) is 34.1 Å². The van der Waals surface area contributed by atoms with Crippen LogP contribution in [0, 0.1) is 0 Å². The van der Waals surface area contributed by atoms with Gasteiger partial charge in [0, 0.05) is 22.7 Å². The summed E-state index contributed by atoms with van der Waals surface area (Å²) in [5, 5.41) is 11.0. The molecule has 204 valence electrons. The fraction of sp³-hybridized carbons (Fsp3) is 0.219. The van der Waals surface area contributed by atoms with E-state index in [9.17, 15) is 18.4 Å². The van der Waals surface area contributed by atoms with Gasteiger partial charge in [-0.15, -0.1) is 11.3 Å². The van der Waals surface area contributed by atoms with Crippen molar-refractivity contribution in [1.29, 1.82) is 0 Å². The van der Waals surface area contributed by atoms with Crippen molar-refractivity contribution in [2.24, 2.45) is 0 Å². The highest BCUT2D eigenvalue weighted by atomic mass is 32.2. The number of carbonyl (C=O) groups is 1. The van der Waals surface area contributed by atoms with Gasteiger partial charge in [0.25, 0.3) is 5.91 Å². The number of anilines is 1. The molecule has 1 aromatic heterocycles. The number of aryl methyl sites for hydroxylation is 1. The number of nitrogens with one attached hydrogen (secondary N) is 1. The molecule has 40 heavy (non-hydrogen) atoms. The minimum atomic E-state index is -3.40. The number of thiophene rings is 1. The van der Waals surface area contributed by atoms with Crippen LogP contribution in [0.15, 0.2) is 72.8 Å². The lowest BCUT2D eigenvalue weighted by Gasteiger charge is -2.26. The predicted octanol–water partition coefficient (Wildman–Crippen LogP) is 6.33. The molecule has 2 N–H and O–H groups in total. The molecular weight excluding hydrogens is 540 g/mol. The molecule has 6 rings (SSSR count). The predicted molar refractivity (Wildman–Crippen MR) is 162 cm³/mol. The van der Waals surface area contributed by atoms with Crippen LogP contribution in [0.4, 0.5) is 5.69 Å². The molecule has 0 saturated heterocycles. The number of benzene rings is 3. The number of carbonyl (C=O) groups excluding carboxylic acids is 1. The van der Waals surface area contributed by atoms with Crippen LogP contribution < -0.4 is 9.79 Å². The highest BCUT2D eigenvalue weighted by molar-refractivity contribution is 7.88. The van der Waals surface area contributed by atoms with Crippen molar-refractivity contribution in [3.8, 4) is 21.6 Å². The van der Waals surface area contributed by atoms with Gasteiger partial charge in [0.1, 0.15) is 0 Å². The number of hydrogen-bond donors (Lipinski definition) is 2. The van der Waals surface area contributed by atoms with E-state index in [0.29, 0.717) is 10.8 Å². The van der Waals surface area contributed by atoms with Crippen molar-refractivity contribution >= 4 is 44.6 Å². The Bertz CT molecular complexity index is 1750. The van der Waals surface area contributed by atoms with Crippen LogP contribution in [0.2, 0.25) is 0 Å². The monoisotopic (exact) mass is 570 g/mol. The summed E-state index contributed by atoms with van der Waals surface area (Å²) in [6, 6.07) is 24.7. The molecule has 0 aliphatic heterocycles. The Morgan fingerprint density at radius 1 is 0.900 bits per heavy atom. The zero-order chi connectivity index (χ0) is 27.9. The number of rotatable bonds is 7. The van der Waals surface area contributed by atoms with E-state index in [1.165, 1.54) is 43.8 Å². The van der Waals surface area contributed by atoms with Crippen molar-refractivity contribution in [1.82, 2.24) is 4.72 Å². The fourth-order valence-corrected chi connectivity index (χ4v) is 7.22. The van der Waals surface area contributed by atoms with E-state index in [2.05, 4.69) is 59.3 Å². The zero-order valence-corrected chi connectivity index (χ0v) is 23.8. The molecule has 0 radical (unpaired) electrons. The summed E-state index contributed by atoms with van der Waals surface area (Å²) >= 11 is 1.70. The fourth-order valence-electron chi connectivity index (χ4n) is 5.70. The van der Waals surface area contributed by atoms with Gasteiger partial charge in [-0.25, -0.2) is 13.1 Å². The molecule has 4 aromatic rings. The first-order chi connectivity index (χ1) is 19.3. The normalized spacial score (nSPS) is 14.1. The highest BCUT2D eigenvalue weighted by Gasteiger charge is 2.23. The number of hydroxylamine groups is 1. The molecule has 0 bridgehead atoms. The van der Waals surface area contributed by atoms with Crippen LogP contribution in [0.25, 0.3) is 33.2 Å². The maximum absolute atomic E-state index is 12.4. The number of sulfonamides is 1. The van der Waals surface area contributed by atoms with E-state index >= 15 is 0 Å². The number of fused-ring (bicyclic) bond motifs is 5. The second kappa shape index (κ2) is 10.8. The van der Waals surface area contributed by atoms with Crippen molar-refractivity contribution in [2.75, 3.05) is 17.9 Å². The molecule has 0 fully saturated rings. The summed E-state index contributed by atoms with van der Waals surface area (Å²) in [7, 11) is -3.40. The van der Waals surface area contributed by atoms with Gasteiger partial charge in [0.15, 0.2) is 0 Å². The first-order valence-corrected chi connectivity index (χ1v) is 16.1. The van der Waals surface area contributed by atoms with Gasteiger partial charge < -0.3 is 0 Å². The minimum absolute atomic E-state index is 0.0724. The second-order valence-electron chi connectivity index (χ2n) is 10.3. The topological polar surface area (TPSA) is 86.7 Å². The summed E-state index contributed by atoms with van der Waals surface area (Å²) in [6.45, 7) is -0.0724. The molecule has 2 aliphatic carbocycles. The Balaban J connectivity index is 1.21. The molecule has 2 aliphatic rings. The smallest absolute Gasteiger partial charge is 0.251 e. The second-order valence-corrected chi connectivity index (χ2v) is 13.2. The molecule has 0 spiro atoms. The van der Waals surface area contributed by atoms with Gasteiger partial charge in [-0.2, -0.15) is 5.06 Å². The summed E-state index contributed by atoms with van der Waals surface area (Å²) in [4.78, 5) is 14.6. The molecule has 1 amide bonds. The van der Waals surface area contributed by atoms with Crippen molar-refractivity contribution in [2.45, 2.75) is 32.1 Å². The van der Waals surface area contributed by atoms with Crippen molar-refractivity contribution < 1.29 is 18.4 Å².